The Balaban J connectivity index is 2.69. The summed E-state index contributed by atoms with van der Waals surface area (Å²) in [6, 6.07) is -0.659. The average Bonchev–Trinajstić information content (AvgIpc) is 2.94. The Hall–Kier alpha value is -1.97. The van der Waals surface area contributed by atoms with E-state index in [1.54, 1.807) is 48.7 Å². The second kappa shape index (κ2) is 15.3. The average molecular weight is 647 g/mol. The van der Waals surface area contributed by atoms with Crippen molar-refractivity contribution in [1.29, 1.82) is 0 Å². The van der Waals surface area contributed by atoms with Crippen LogP contribution in [-0.4, -0.2) is 125 Å². The highest BCUT2D eigenvalue weighted by Crippen LogP contribution is 2.38. The number of hydrogen-bond donors (Lipinski definition) is 4. The molecule has 0 aliphatic carbocycles. The monoisotopic (exact) mass is 646 g/mol. The number of ketones is 1. The Morgan fingerprint density at radius 3 is 2.22 bits per heavy atom. The van der Waals surface area contributed by atoms with Crippen molar-refractivity contribution in [1.82, 2.24) is 0 Å². The van der Waals surface area contributed by atoms with Gasteiger partial charge in [-0.3, -0.25) is 14.4 Å². The molecular formula is C32H56NO12+. The van der Waals surface area contributed by atoms with Crippen LogP contribution in [0.5, 0.6) is 0 Å². The van der Waals surface area contributed by atoms with E-state index in [1.807, 2.05) is 0 Å². The Bertz CT molecular complexity index is 1070. The number of nitrogens with zero attached hydrogens (tertiary/aromatic N) is 1. The molecule has 0 spiro atoms. The number of quaternary nitrogens is 1. The van der Waals surface area contributed by atoms with E-state index in [0.717, 1.165) is 0 Å². The molecule has 45 heavy (non-hydrogen) atoms. The minimum absolute atomic E-state index is 0.0111. The maximum Gasteiger partial charge on any atom is 0.311 e. The number of likely N-dealkylation sites (N-methyl/N-ethyl adjacent to an activating group) is 1. The van der Waals surface area contributed by atoms with Crippen molar-refractivity contribution < 1.29 is 63.2 Å². The molecule has 0 radical (unpaired) electrons. The highest BCUT2D eigenvalue weighted by atomic mass is 16.7. The van der Waals surface area contributed by atoms with E-state index in [1.165, 1.54) is 34.0 Å². The summed E-state index contributed by atoms with van der Waals surface area (Å²) in [5.41, 5.74) is -3.11. The van der Waals surface area contributed by atoms with Crippen LogP contribution in [0.2, 0.25) is 0 Å². The number of ether oxygens (including phenoxy) is 5. The van der Waals surface area contributed by atoms with Crippen LogP contribution in [0.3, 0.4) is 0 Å². The lowest BCUT2D eigenvalue weighted by Crippen LogP contribution is -2.63. The smallest absolute Gasteiger partial charge is 0.311 e. The molecule has 0 bridgehead atoms. The van der Waals surface area contributed by atoms with E-state index >= 15 is 0 Å². The quantitative estimate of drug-likeness (QED) is 0.180. The molecule has 0 amide bonds. The molecule has 260 valence electrons. The van der Waals surface area contributed by atoms with E-state index in [2.05, 4.69) is 0 Å². The molecule has 2 aliphatic rings. The Kier molecular flexibility index (Phi) is 13.3. The lowest BCUT2D eigenvalue weighted by Gasteiger charge is -2.47. The third-order valence-electron chi connectivity index (χ3n) is 9.33. The van der Waals surface area contributed by atoms with Gasteiger partial charge in [-0.05, 0) is 46.6 Å². The van der Waals surface area contributed by atoms with Crippen molar-refractivity contribution >= 4 is 17.7 Å². The Labute approximate surface area is 267 Å². The maximum atomic E-state index is 13.9. The third kappa shape index (κ3) is 9.54. The second-order valence-electron chi connectivity index (χ2n) is 13.8. The summed E-state index contributed by atoms with van der Waals surface area (Å²) >= 11 is 0. The van der Waals surface area contributed by atoms with Crippen LogP contribution in [0.4, 0.5) is 0 Å². The lowest BCUT2D eigenvalue weighted by molar-refractivity contribution is -1.09. The normalized spacial score (nSPS) is 42.2. The maximum absolute atomic E-state index is 13.9. The predicted octanol–water partition coefficient (Wildman–Crippen LogP) is 1.91. The van der Waals surface area contributed by atoms with Crippen LogP contribution in [0, 0.1) is 17.8 Å². The fourth-order valence-corrected chi connectivity index (χ4v) is 6.52. The van der Waals surface area contributed by atoms with Gasteiger partial charge in [0.25, 0.3) is 0 Å². The summed E-state index contributed by atoms with van der Waals surface area (Å²) in [5, 5.41) is 45.0. The number of hydrogen-bond acceptors (Lipinski definition) is 12. The van der Waals surface area contributed by atoms with Crippen LogP contribution in [0.25, 0.3) is 0 Å². The fourth-order valence-electron chi connectivity index (χ4n) is 6.52. The predicted molar refractivity (Wildman–Crippen MR) is 162 cm³/mol. The van der Waals surface area contributed by atoms with Crippen LogP contribution >= 0.6 is 0 Å². The van der Waals surface area contributed by atoms with Gasteiger partial charge in [-0.25, -0.2) is 5.21 Å². The Morgan fingerprint density at radius 1 is 1.11 bits per heavy atom. The molecule has 12 atom stereocenters. The molecule has 1 unspecified atom stereocenters. The van der Waals surface area contributed by atoms with Gasteiger partial charge in [-0.1, -0.05) is 20.8 Å². The minimum Gasteiger partial charge on any atom is -0.461 e. The van der Waals surface area contributed by atoms with Gasteiger partial charge in [0.2, 0.25) is 0 Å². The van der Waals surface area contributed by atoms with Crippen molar-refractivity contribution in [3.63, 3.8) is 0 Å². The molecule has 13 heteroatoms. The zero-order chi connectivity index (χ0) is 34.7. The standard InChI is InChI=1S/C32H56NO12/c1-12-24-31(7,39)15-22(16-42-21(6)34)25(35)17(2)14-32(8,41-11)28(19(4)26(36)20(5)29(38)44-24)45-30-27(37)23(33(9,10)40)13-18(3)43-30/h15,17-20,23-24,26-28,30,36-37,39-40H,12-14,16H2,1-11H3/q+1/b22-15+/t17-,18-,19+,20-,23+,24-,26+,27-,28-,30?,31+,32+/m1/s1. The third-order valence-corrected chi connectivity index (χ3v) is 9.33. The summed E-state index contributed by atoms with van der Waals surface area (Å²) in [6.45, 7) is 12.2. The number of aliphatic hydroxyl groups is 3. The first-order valence-corrected chi connectivity index (χ1v) is 15.7. The van der Waals surface area contributed by atoms with Gasteiger partial charge in [0, 0.05) is 37.9 Å². The largest absolute Gasteiger partial charge is 0.461 e. The van der Waals surface area contributed by atoms with Gasteiger partial charge in [0.1, 0.15) is 18.3 Å². The highest BCUT2D eigenvalue weighted by molar-refractivity contribution is 5.97. The van der Waals surface area contributed by atoms with Crippen LogP contribution in [0.15, 0.2) is 11.6 Å². The zero-order valence-electron chi connectivity index (χ0n) is 28.7. The van der Waals surface area contributed by atoms with Gasteiger partial charge in [0.15, 0.2) is 24.2 Å². The van der Waals surface area contributed by atoms with Gasteiger partial charge < -0.3 is 39.0 Å². The van der Waals surface area contributed by atoms with E-state index in [9.17, 15) is 34.9 Å². The number of cyclic esters (lactones) is 1. The number of aliphatic hydroxyl groups excluding tert-OH is 2. The molecule has 2 heterocycles. The molecule has 0 saturated carbocycles. The number of carbonyl (C=O) groups excluding carboxylic acids is 3. The molecule has 1 saturated heterocycles. The Morgan fingerprint density at radius 2 is 1.71 bits per heavy atom. The first kappa shape index (κ1) is 39.2. The van der Waals surface area contributed by atoms with Crippen LogP contribution in [-0.2, 0) is 38.1 Å². The molecule has 0 aromatic heterocycles. The molecule has 2 aliphatic heterocycles. The zero-order valence-corrected chi connectivity index (χ0v) is 28.7. The first-order chi connectivity index (χ1) is 20.6. The first-order valence-electron chi connectivity index (χ1n) is 15.7. The van der Waals surface area contributed by atoms with E-state index in [-0.39, 0.29) is 18.4 Å². The van der Waals surface area contributed by atoms with Crippen molar-refractivity contribution in [2.75, 3.05) is 27.8 Å². The minimum atomic E-state index is -1.81. The molecule has 4 N–H and O–H groups in total. The fraction of sp³-hybridized carbons (Fsp3) is 0.844. The molecule has 1 fully saturated rings. The number of esters is 2. The van der Waals surface area contributed by atoms with E-state index in [4.69, 9.17) is 23.7 Å². The number of Topliss-reactive ketones (excluding diaryl/α,β-unsaturated/α-hetero) is 1. The van der Waals surface area contributed by atoms with Gasteiger partial charge in [-0.2, -0.15) is 4.65 Å². The van der Waals surface area contributed by atoms with Crippen molar-refractivity contribution in [3.05, 3.63) is 11.6 Å². The van der Waals surface area contributed by atoms with E-state index in [0.29, 0.717) is 6.42 Å². The van der Waals surface area contributed by atoms with Crippen LogP contribution in [0.1, 0.15) is 74.7 Å². The molecule has 0 aromatic rings. The van der Waals surface area contributed by atoms with Crippen molar-refractivity contribution in [3.8, 4) is 0 Å². The summed E-state index contributed by atoms with van der Waals surface area (Å²) in [6.07, 6.45) is -4.59. The highest BCUT2D eigenvalue weighted by Gasteiger charge is 2.52. The van der Waals surface area contributed by atoms with E-state index < -0.39 is 101 Å². The second-order valence-corrected chi connectivity index (χ2v) is 13.8. The van der Waals surface area contributed by atoms with Crippen molar-refractivity contribution in [2.24, 2.45) is 17.8 Å². The van der Waals surface area contributed by atoms with Gasteiger partial charge >= 0.3 is 11.9 Å². The summed E-state index contributed by atoms with van der Waals surface area (Å²) in [4.78, 5) is 38.9. The molecular weight excluding hydrogens is 590 g/mol. The molecule has 13 nitrogen and oxygen atoms in total. The van der Waals surface area contributed by atoms with Crippen LogP contribution < -0.4 is 0 Å². The topological polar surface area (TPSA) is 178 Å². The summed E-state index contributed by atoms with van der Waals surface area (Å²) in [5.74, 6) is -4.55. The molecule has 2 rings (SSSR count). The van der Waals surface area contributed by atoms with Crippen molar-refractivity contribution in [2.45, 2.75) is 129 Å². The summed E-state index contributed by atoms with van der Waals surface area (Å²) < 4.78 is 28.8. The summed E-state index contributed by atoms with van der Waals surface area (Å²) in [7, 11) is 4.51. The SMILES string of the molecule is CC[C@H]1OC(=O)[C@H](C)[C@@H](O)[C@H](C)[C@@H](OC2O[C@H](C)C[C@H]([N+](C)(C)O)[C@H]2O)[C@@](C)(OC)C[C@@H](C)C(=O)/C(COC(C)=O)=C/[C@]1(C)O. The number of rotatable bonds is 7. The van der Waals surface area contributed by atoms with Gasteiger partial charge in [0.05, 0.1) is 43.9 Å². The number of carbonyl (C=O) groups is 3. The lowest BCUT2D eigenvalue weighted by atomic mass is 9.76. The van der Waals surface area contributed by atoms with Gasteiger partial charge in [-0.15, -0.1) is 0 Å². The number of hydroxylamine groups is 3. The molecule has 0 aromatic carbocycles. The number of methoxy groups -OCH3 is 1.